The molecule has 0 aliphatic carbocycles. The maximum atomic E-state index is 12.6. The number of methoxy groups -OCH3 is 1. The molecule has 0 aliphatic heterocycles. The van der Waals surface area contributed by atoms with Gasteiger partial charge in [0.05, 0.1) is 18.1 Å². The molecule has 0 spiro atoms. The Morgan fingerprint density at radius 3 is 2.71 bits per heavy atom. The summed E-state index contributed by atoms with van der Waals surface area (Å²) in [7, 11) is 2.90. The van der Waals surface area contributed by atoms with Gasteiger partial charge in [-0.05, 0) is 12.1 Å². The van der Waals surface area contributed by atoms with Crippen molar-refractivity contribution in [3.05, 3.63) is 34.2 Å². The summed E-state index contributed by atoms with van der Waals surface area (Å²) in [5, 5.41) is 0. The topological polar surface area (TPSA) is 44.1 Å². The maximum absolute atomic E-state index is 12.6. The molecule has 17 heavy (non-hydrogen) atoms. The van der Waals surface area contributed by atoms with Gasteiger partial charge in [0.1, 0.15) is 5.75 Å². The van der Waals surface area contributed by atoms with E-state index in [1.54, 1.807) is 12.1 Å². The van der Waals surface area contributed by atoms with Crippen LogP contribution in [-0.4, -0.2) is 16.7 Å². The van der Waals surface area contributed by atoms with Crippen LogP contribution in [0.25, 0.3) is 11.0 Å². The zero-order chi connectivity index (χ0) is 12.6. The van der Waals surface area contributed by atoms with Gasteiger partial charge >= 0.3 is 0 Å². The predicted molar refractivity (Wildman–Crippen MR) is 58.5 cm³/mol. The molecule has 1 aromatic heterocycles. The normalized spacial score (nSPS) is 11.1. The Morgan fingerprint density at radius 1 is 1.41 bits per heavy atom. The first-order chi connectivity index (χ1) is 8.04. The molecule has 1 aromatic carbocycles. The first-order valence-corrected chi connectivity index (χ1v) is 4.87. The lowest BCUT2D eigenvalue weighted by Crippen LogP contribution is -2.23. The number of rotatable bonds is 2. The molecule has 0 bridgehead atoms. The fourth-order valence-electron chi connectivity index (χ4n) is 1.60. The van der Waals surface area contributed by atoms with Gasteiger partial charge in [0.25, 0.3) is 12.0 Å². The van der Waals surface area contributed by atoms with Crippen molar-refractivity contribution < 1.29 is 13.5 Å². The Balaban J connectivity index is 2.82. The average Bonchev–Trinajstić information content (AvgIpc) is 2.32. The summed E-state index contributed by atoms with van der Waals surface area (Å²) in [4.78, 5) is 15.2. The Bertz CT molecular complexity index is 623. The number of alkyl halides is 2. The van der Waals surface area contributed by atoms with E-state index in [4.69, 9.17) is 4.74 Å². The number of halogens is 2. The lowest BCUT2D eigenvalue weighted by molar-refractivity contribution is 0.144. The predicted octanol–water partition coefficient (Wildman–Crippen LogP) is 1.88. The van der Waals surface area contributed by atoms with Crippen molar-refractivity contribution in [3.63, 3.8) is 0 Å². The van der Waals surface area contributed by atoms with Crippen molar-refractivity contribution in [2.75, 3.05) is 7.11 Å². The van der Waals surface area contributed by atoms with Crippen molar-refractivity contribution in [1.82, 2.24) is 9.55 Å². The number of benzene rings is 1. The molecule has 4 nitrogen and oxygen atoms in total. The molecule has 0 unspecified atom stereocenters. The molecule has 0 N–H and O–H groups in total. The van der Waals surface area contributed by atoms with Gasteiger partial charge in [0.15, 0.2) is 5.69 Å². The molecule has 0 amide bonds. The lowest BCUT2D eigenvalue weighted by Gasteiger charge is -2.08. The molecule has 6 heteroatoms. The molecule has 0 aliphatic rings. The van der Waals surface area contributed by atoms with Crippen LogP contribution in [0.4, 0.5) is 8.78 Å². The van der Waals surface area contributed by atoms with Gasteiger partial charge < -0.3 is 9.30 Å². The number of ether oxygens (including phenoxy) is 1. The second-order valence-corrected chi connectivity index (χ2v) is 3.52. The van der Waals surface area contributed by atoms with E-state index in [2.05, 4.69) is 4.98 Å². The van der Waals surface area contributed by atoms with Gasteiger partial charge in [0.2, 0.25) is 0 Å². The van der Waals surface area contributed by atoms with Crippen LogP contribution >= 0.6 is 0 Å². The zero-order valence-corrected chi connectivity index (χ0v) is 9.28. The molecule has 0 saturated carbocycles. The average molecular weight is 240 g/mol. The van der Waals surface area contributed by atoms with E-state index in [9.17, 15) is 13.6 Å². The molecule has 2 rings (SSSR count). The van der Waals surface area contributed by atoms with Gasteiger partial charge in [-0.15, -0.1) is 0 Å². The SMILES string of the molecule is COc1ccc2c(c1)nc(C(F)F)c(=O)n2C. The number of aromatic nitrogens is 2. The van der Waals surface area contributed by atoms with E-state index in [-0.39, 0.29) is 0 Å². The van der Waals surface area contributed by atoms with Crippen molar-refractivity contribution >= 4 is 11.0 Å². The second kappa shape index (κ2) is 4.12. The van der Waals surface area contributed by atoms with Gasteiger partial charge in [-0.25, -0.2) is 13.8 Å². The highest BCUT2D eigenvalue weighted by atomic mass is 19.3. The van der Waals surface area contributed by atoms with Crippen LogP contribution in [0.2, 0.25) is 0 Å². The van der Waals surface area contributed by atoms with Crippen LogP contribution in [0.15, 0.2) is 23.0 Å². The lowest BCUT2D eigenvalue weighted by atomic mass is 10.2. The Kier molecular flexibility index (Phi) is 2.79. The number of hydrogen-bond donors (Lipinski definition) is 0. The van der Waals surface area contributed by atoms with Gasteiger partial charge in [0, 0.05) is 13.1 Å². The molecule has 0 fully saturated rings. The minimum Gasteiger partial charge on any atom is -0.497 e. The van der Waals surface area contributed by atoms with Gasteiger partial charge in [-0.2, -0.15) is 0 Å². The first kappa shape index (κ1) is 11.5. The summed E-state index contributed by atoms with van der Waals surface area (Å²) >= 11 is 0. The fraction of sp³-hybridized carbons (Fsp3) is 0.273. The third-order valence-corrected chi connectivity index (χ3v) is 2.52. The van der Waals surface area contributed by atoms with E-state index in [1.165, 1.54) is 20.2 Å². The Labute approximate surface area is 95.5 Å². The second-order valence-electron chi connectivity index (χ2n) is 3.52. The summed E-state index contributed by atoms with van der Waals surface area (Å²) in [5.41, 5.74) is -0.729. The van der Waals surface area contributed by atoms with Crippen molar-refractivity contribution in [3.8, 4) is 5.75 Å². The smallest absolute Gasteiger partial charge is 0.285 e. The third kappa shape index (κ3) is 1.86. The number of hydrogen-bond acceptors (Lipinski definition) is 3. The maximum Gasteiger partial charge on any atom is 0.285 e. The summed E-state index contributed by atoms with van der Waals surface area (Å²) in [6.45, 7) is 0. The van der Waals surface area contributed by atoms with Crippen molar-refractivity contribution in [2.24, 2.45) is 7.05 Å². The first-order valence-electron chi connectivity index (χ1n) is 4.87. The third-order valence-electron chi connectivity index (χ3n) is 2.52. The number of aryl methyl sites for hydroxylation is 1. The highest BCUT2D eigenvalue weighted by molar-refractivity contribution is 5.76. The van der Waals surface area contributed by atoms with Gasteiger partial charge in [-0.3, -0.25) is 4.79 Å². The van der Waals surface area contributed by atoms with Crippen molar-refractivity contribution in [2.45, 2.75) is 6.43 Å². The quantitative estimate of drug-likeness (QED) is 0.805. The molecule has 2 aromatic rings. The molecule has 0 atom stereocenters. The monoisotopic (exact) mass is 240 g/mol. The minimum absolute atomic E-state index is 0.307. The van der Waals surface area contributed by atoms with E-state index >= 15 is 0 Å². The Morgan fingerprint density at radius 2 is 2.12 bits per heavy atom. The summed E-state index contributed by atoms with van der Waals surface area (Å²) in [6, 6.07) is 4.77. The van der Waals surface area contributed by atoms with E-state index in [0.717, 1.165) is 4.57 Å². The molecule has 90 valence electrons. The van der Waals surface area contributed by atoms with Crippen LogP contribution in [0.3, 0.4) is 0 Å². The van der Waals surface area contributed by atoms with Crippen molar-refractivity contribution in [1.29, 1.82) is 0 Å². The minimum atomic E-state index is -2.88. The molecule has 0 radical (unpaired) electrons. The van der Waals surface area contributed by atoms with Crippen LogP contribution in [0.5, 0.6) is 5.75 Å². The van der Waals surface area contributed by atoms with Crippen LogP contribution < -0.4 is 10.3 Å². The largest absolute Gasteiger partial charge is 0.497 e. The summed E-state index contributed by atoms with van der Waals surface area (Å²) < 4.78 is 31.4. The molecular weight excluding hydrogens is 230 g/mol. The van der Waals surface area contributed by atoms with Crippen LogP contribution in [0, 0.1) is 0 Å². The number of nitrogens with zero attached hydrogens (tertiary/aromatic N) is 2. The van der Waals surface area contributed by atoms with E-state index < -0.39 is 17.7 Å². The fourth-order valence-corrected chi connectivity index (χ4v) is 1.60. The Hall–Kier alpha value is -1.98. The summed E-state index contributed by atoms with van der Waals surface area (Å²) in [6.07, 6.45) is -2.88. The van der Waals surface area contributed by atoms with E-state index in [0.29, 0.717) is 16.8 Å². The van der Waals surface area contributed by atoms with E-state index in [1.807, 2.05) is 0 Å². The summed E-state index contributed by atoms with van der Waals surface area (Å²) in [5.74, 6) is 0.504. The van der Waals surface area contributed by atoms with Gasteiger partial charge in [-0.1, -0.05) is 0 Å². The zero-order valence-electron chi connectivity index (χ0n) is 9.28. The molecular formula is C11H10F2N2O2. The van der Waals surface area contributed by atoms with Crippen LogP contribution in [0.1, 0.15) is 12.1 Å². The van der Waals surface area contributed by atoms with Crippen LogP contribution in [-0.2, 0) is 7.05 Å². The molecule has 0 saturated heterocycles. The highest BCUT2D eigenvalue weighted by Gasteiger charge is 2.17. The number of fused-ring (bicyclic) bond motifs is 1. The molecule has 1 heterocycles. The highest BCUT2D eigenvalue weighted by Crippen LogP contribution is 2.20. The standard InChI is InChI=1S/C11H10F2N2O2/c1-15-8-4-3-6(17-2)5-7(8)14-9(10(12)13)11(15)16/h3-5,10H,1-2H3.